The normalized spacial score (nSPS) is 16.8. The van der Waals surface area contributed by atoms with Crippen molar-refractivity contribution in [1.29, 1.82) is 0 Å². The molecule has 42 heavy (non-hydrogen) atoms. The summed E-state index contributed by atoms with van der Waals surface area (Å²) in [5.74, 6) is -0.248. The number of benzene rings is 2. The first-order valence-electron chi connectivity index (χ1n) is 13.4. The third-order valence-corrected chi connectivity index (χ3v) is 9.87. The molecule has 0 radical (unpaired) electrons. The lowest BCUT2D eigenvalue weighted by Crippen LogP contribution is -2.46. The zero-order valence-corrected chi connectivity index (χ0v) is 25.4. The summed E-state index contributed by atoms with van der Waals surface area (Å²) in [7, 11) is -1.93. The SMILES string of the molecule is CCS(=O)(=O)c1ccc(Cl)cc1Cn1c(=O)[nH]c2c(Cl)c(CN3CCC[C@H](NCCNC)C3)c(C(F)(F)F)cc2c1=O. The molecule has 0 bridgehead atoms. The van der Waals surface area contributed by atoms with Crippen molar-refractivity contribution in [2.45, 2.75) is 50.0 Å². The fourth-order valence-electron chi connectivity index (χ4n) is 5.24. The van der Waals surface area contributed by atoms with Gasteiger partial charge in [-0.15, -0.1) is 0 Å². The maximum atomic E-state index is 14.4. The van der Waals surface area contributed by atoms with Gasteiger partial charge in [0.1, 0.15) is 0 Å². The van der Waals surface area contributed by atoms with E-state index in [1.54, 1.807) is 0 Å². The molecule has 1 aromatic heterocycles. The Balaban J connectivity index is 1.79. The van der Waals surface area contributed by atoms with Crippen LogP contribution in [0.25, 0.3) is 10.9 Å². The van der Waals surface area contributed by atoms with Gasteiger partial charge in [0.05, 0.1) is 38.7 Å². The maximum absolute atomic E-state index is 14.4. The third kappa shape index (κ3) is 7.03. The van der Waals surface area contributed by atoms with Crippen LogP contribution in [0.5, 0.6) is 0 Å². The van der Waals surface area contributed by atoms with Crippen molar-refractivity contribution >= 4 is 43.9 Å². The summed E-state index contributed by atoms with van der Waals surface area (Å²) < 4.78 is 69.0. The van der Waals surface area contributed by atoms with E-state index >= 15 is 0 Å². The van der Waals surface area contributed by atoms with E-state index in [4.69, 9.17) is 23.2 Å². The number of hydrogen-bond donors (Lipinski definition) is 3. The number of aromatic amines is 1. The van der Waals surface area contributed by atoms with Gasteiger partial charge in [0.15, 0.2) is 9.84 Å². The van der Waals surface area contributed by atoms with Crippen molar-refractivity contribution in [2.24, 2.45) is 0 Å². The van der Waals surface area contributed by atoms with E-state index in [0.717, 1.165) is 19.4 Å². The van der Waals surface area contributed by atoms with E-state index in [2.05, 4.69) is 15.6 Å². The number of H-pyrrole nitrogens is 1. The zero-order valence-electron chi connectivity index (χ0n) is 23.1. The molecule has 0 saturated carbocycles. The van der Waals surface area contributed by atoms with Crippen LogP contribution in [0, 0.1) is 0 Å². The van der Waals surface area contributed by atoms with Gasteiger partial charge < -0.3 is 15.6 Å². The molecule has 4 rings (SSSR count). The van der Waals surface area contributed by atoms with Crippen molar-refractivity contribution < 1.29 is 21.6 Å². The van der Waals surface area contributed by atoms with Crippen LogP contribution in [0.2, 0.25) is 10.0 Å². The van der Waals surface area contributed by atoms with Crippen molar-refractivity contribution in [3.05, 3.63) is 71.8 Å². The molecule has 1 atom stereocenters. The van der Waals surface area contributed by atoms with Crippen molar-refractivity contribution in [2.75, 3.05) is 39.0 Å². The number of sulfone groups is 1. The van der Waals surface area contributed by atoms with Gasteiger partial charge in [0.25, 0.3) is 5.56 Å². The monoisotopic (exact) mass is 649 g/mol. The van der Waals surface area contributed by atoms with E-state index in [0.29, 0.717) is 30.3 Å². The lowest BCUT2D eigenvalue weighted by Gasteiger charge is -2.34. The number of alkyl halides is 3. The fraction of sp³-hybridized carbons (Fsp3) is 0.481. The number of rotatable bonds is 10. The number of piperidine rings is 1. The van der Waals surface area contributed by atoms with E-state index in [-0.39, 0.29) is 49.9 Å². The first-order valence-corrected chi connectivity index (χ1v) is 15.8. The molecular formula is C27H32Cl2F3N5O4S. The summed E-state index contributed by atoms with van der Waals surface area (Å²) in [6, 6.07) is 4.74. The molecular weight excluding hydrogens is 618 g/mol. The number of fused-ring (bicyclic) bond motifs is 1. The molecule has 3 N–H and O–H groups in total. The Morgan fingerprint density at radius 3 is 2.52 bits per heavy atom. The van der Waals surface area contributed by atoms with Gasteiger partial charge in [0, 0.05) is 37.2 Å². The topological polar surface area (TPSA) is 116 Å². The highest BCUT2D eigenvalue weighted by Gasteiger charge is 2.37. The number of nitrogens with zero attached hydrogens (tertiary/aromatic N) is 2. The number of hydrogen-bond acceptors (Lipinski definition) is 7. The second-order valence-electron chi connectivity index (χ2n) is 10.2. The second kappa shape index (κ2) is 13.1. The van der Waals surface area contributed by atoms with Crippen LogP contribution < -0.4 is 21.9 Å². The molecule has 0 spiro atoms. The first kappa shape index (κ1) is 32.5. The Morgan fingerprint density at radius 1 is 1.12 bits per heavy atom. The standard InChI is InChI=1S/C27H32Cl2F3N5O4S/c1-3-42(40,41)22-7-6-17(28)11-16(22)13-37-25(38)19-12-21(27(30,31)32)20(23(29)24(19)35-26(37)39)15-36-10-4-5-18(14-36)34-9-8-33-2/h6-7,11-12,18,33-34H,3-5,8-10,13-15H2,1-2H3,(H,35,39)/t18-/m0/s1. The van der Waals surface area contributed by atoms with Gasteiger partial charge in [-0.25, -0.2) is 13.2 Å². The van der Waals surface area contributed by atoms with E-state index in [1.165, 1.54) is 25.1 Å². The van der Waals surface area contributed by atoms with Gasteiger partial charge in [-0.05, 0) is 61.8 Å². The first-order chi connectivity index (χ1) is 19.8. The van der Waals surface area contributed by atoms with E-state index in [1.807, 2.05) is 11.9 Å². The molecule has 230 valence electrons. The molecule has 0 unspecified atom stereocenters. The zero-order chi connectivity index (χ0) is 30.8. The number of aromatic nitrogens is 2. The number of likely N-dealkylation sites (N-methyl/N-ethyl adjacent to an activating group) is 1. The predicted octanol–water partition coefficient (Wildman–Crippen LogP) is 3.63. The minimum absolute atomic E-state index is 0.0537. The fourth-order valence-corrected chi connectivity index (χ4v) is 6.85. The largest absolute Gasteiger partial charge is 0.416 e. The number of nitrogens with one attached hydrogen (secondary N) is 3. The summed E-state index contributed by atoms with van der Waals surface area (Å²) in [6.07, 6.45) is -3.17. The molecule has 15 heteroatoms. The summed E-state index contributed by atoms with van der Waals surface area (Å²) in [5, 5.41) is 5.79. The molecule has 3 aromatic rings. The summed E-state index contributed by atoms with van der Waals surface area (Å²) in [6.45, 7) is 3.32. The van der Waals surface area contributed by atoms with Crippen LogP contribution >= 0.6 is 23.2 Å². The lowest BCUT2D eigenvalue weighted by molar-refractivity contribution is -0.138. The van der Waals surface area contributed by atoms with Crippen LogP contribution in [0.3, 0.4) is 0 Å². The number of likely N-dealkylation sites (tertiary alicyclic amines) is 1. The molecule has 1 aliphatic rings. The second-order valence-corrected chi connectivity index (χ2v) is 13.3. The van der Waals surface area contributed by atoms with Crippen LogP contribution in [-0.2, 0) is 29.1 Å². The van der Waals surface area contributed by atoms with Gasteiger partial charge in [-0.2, -0.15) is 13.2 Å². The average Bonchev–Trinajstić information content (AvgIpc) is 2.92. The maximum Gasteiger partial charge on any atom is 0.416 e. The van der Waals surface area contributed by atoms with Crippen molar-refractivity contribution in [3.63, 3.8) is 0 Å². The molecule has 2 aromatic carbocycles. The Kier molecular flexibility index (Phi) is 10.1. The predicted molar refractivity (Wildman–Crippen MR) is 157 cm³/mol. The van der Waals surface area contributed by atoms with Crippen molar-refractivity contribution in [1.82, 2.24) is 25.1 Å². The van der Waals surface area contributed by atoms with E-state index < -0.39 is 44.8 Å². The van der Waals surface area contributed by atoms with Crippen molar-refractivity contribution in [3.8, 4) is 0 Å². The molecule has 2 heterocycles. The summed E-state index contributed by atoms with van der Waals surface area (Å²) in [5.41, 5.74) is -3.45. The van der Waals surface area contributed by atoms with Crippen LogP contribution in [0.4, 0.5) is 13.2 Å². The van der Waals surface area contributed by atoms with Gasteiger partial charge >= 0.3 is 11.9 Å². The smallest absolute Gasteiger partial charge is 0.318 e. The minimum Gasteiger partial charge on any atom is -0.318 e. The number of halogens is 5. The quantitative estimate of drug-likeness (QED) is 0.287. The Morgan fingerprint density at radius 2 is 1.86 bits per heavy atom. The van der Waals surface area contributed by atoms with Gasteiger partial charge in [-0.1, -0.05) is 30.1 Å². The third-order valence-electron chi connectivity index (χ3n) is 7.39. The Hall–Kier alpha value is -2.42. The highest BCUT2D eigenvalue weighted by atomic mass is 35.5. The highest BCUT2D eigenvalue weighted by Crippen LogP contribution is 2.39. The molecule has 1 saturated heterocycles. The lowest BCUT2D eigenvalue weighted by atomic mass is 10.0. The molecule has 1 fully saturated rings. The minimum atomic E-state index is -4.84. The van der Waals surface area contributed by atoms with Crippen LogP contribution in [0.1, 0.15) is 36.5 Å². The molecule has 1 aliphatic heterocycles. The van der Waals surface area contributed by atoms with Gasteiger partial charge in [0.2, 0.25) is 0 Å². The van der Waals surface area contributed by atoms with Crippen LogP contribution in [0.15, 0.2) is 38.8 Å². The van der Waals surface area contributed by atoms with Gasteiger partial charge in [-0.3, -0.25) is 14.3 Å². The molecule has 0 aliphatic carbocycles. The summed E-state index contributed by atoms with van der Waals surface area (Å²) in [4.78, 5) is 30.8. The average molecular weight is 651 g/mol. The van der Waals surface area contributed by atoms with E-state index in [9.17, 15) is 31.2 Å². The molecule has 0 amide bonds. The summed E-state index contributed by atoms with van der Waals surface area (Å²) >= 11 is 12.6. The Bertz CT molecular complexity index is 1690. The van der Waals surface area contributed by atoms with Crippen LogP contribution in [-0.4, -0.2) is 67.9 Å². The highest BCUT2D eigenvalue weighted by molar-refractivity contribution is 7.91. The molecule has 9 nitrogen and oxygen atoms in total. The Labute approximate surface area is 250 Å².